The second-order valence-electron chi connectivity index (χ2n) is 6.03. The molecule has 1 aromatic heterocycles. The molecule has 2 atom stereocenters. The molecule has 0 aliphatic carbocycles. The van der Waals surface area contributed by atoms with Gasteiger partial charge in [-0.15, -0.1) is 12.4 Å². The minimum absolute atomic E-state index is 0. The Bertz CT molecular complexity index is 686. The zero-order chi connectivity index (χ0) is 15.7. The first kappa shape index (κ1) is 17.7. The van der Waals surface area contributed by atoms with Crippen LogP contribution in [0.25, 0.3) is 10.9 Å². The number of carbonyl (C=O) groups excluding carboxylic acids is 1. The van der Waals surface area contributed by atoms with Crippen molar-refractivity contribution in [3.05, 3.63) is 24.4 Å². The summed E-state index contributed by atoms with van der Waals surface area (Å²) in [6.07, 6.45) is 3.16. The van der Waals surface area contributed by atoms with Gasteiger partial charge in [0.25, 0.3) is 5.91 Å². The van der Waals surface area contributed by atoms with E-state index in [0.29, 0.717) is 12.6 Å². The van der Waals surface area contributed by atoms with Gasteiger partial charge in [0, 0.05) is 29.9 Å². The zero-order valence-corrected chi connectivity index (χ0v) is 14.2. The van der Waals surface area contributed by atoms with Gasteiger partial charge in [0.1, 0.15) is 6.10 Å². The zero-order valence-electron chi connectivity index (χ0n) is 13.4. The summed E-state index contributed by atoms with van der Waals surface area (Å²) in [6, 6.07) is 6.04. The first-order chi connectivity index (χ1) is 10.6. The van der Waals surface area contributed by atoms with Gasteiger partial charge in [0.2, 0.25) is 0 Å². The van der Waals surface area contributed by atoms with E-state index in [9.17, 15) is 4.79 Å². The molecule has 6 nitrogen and oxygen atoms in total. The SMILES string of the molecule is CC(C)n1cc2cc(NC(=O)[C@@H]3CC[C@H](CN)O3)ccc2n1.Cl. The standard InChI is InChI=1S/C16H22N4O2.ClH/c1-10(2)20-9-11-7-12(3-5-14(11)19-20)18-16(21)15-6-4-13(8-17)22-15;/h3,5,7,9-10,13,15H,4,6,8,17H2,1-2H3,(H,18,21);1H/t13-,15+;/m1./s1. The topological polar surface area (TPSA) is 82.2 Å². The molecule has 2 heterocycles. The monoisotopic (exact) mass is 338 g/mol. The molecule has 7 heteroatoms. The van der Waals surface area contributed by atoms with Crippen molar-refractivity contribution in [2.45, 2.75) is 44.9 Å². The fourth-order valence-corrected chi connectivity index (χ4v) is 2.68. The lowest BCUT2D eigenvalue weighted by Gasteiger charge is -2.12. The number of anilines is 1. The molecular weight excluding hydrogens is 316 g/mol. The van der Waals surface area contributed by atoms with Crippen LogP contribution in [0.2, 0.25) is 0 Å². The van der Waals surface area contributed by atoms with E-state index < -0.39 is 6.10 Å². The van der Waals surface area contributed by atoms with Gasteiger partial charge < -0.3 is 15.8 Å². The van der Waals surface area contributed by atoms with Crippen molar-refractivity contribution in [3.63, 3.8) is 0 Å². The third-order valence-corrected chi connectivity index (χ3v) is 3.98. The summed E-state index contributed by atoms with van der Waals surface area (Å²) in [6.45, 7) is 4.63. The predicted octanol–water partition coefficient (Wildman–Crippen LogP) is 2.48. The van der Waals surface area contributed by atoms with Crippen LogP contribution in [-0.2, 0) is 9.53 Å². The third-order valence-electron chi connectivity index (χ3n) is 3.98. The van der Waals surface area contributed by atoms with E-state index in [1.54, 1.807) is 0 Å². The molecule has 3 rings (SSSR count). The number of aromatic nitrogens is 2. The second kappa shape index (κ2) is 7.29. The maximum absolute atomic E-state index is 12.2. The summed E-state index contributed by atoms with van der Waals surface area (Å²) < 4.78 is 7.53. The van der Waals surface area contributed by atoms with Crippen molar-refractivity contribution in [3.8, 4) is 0 Å². The van der Waals surface area contributed by atoms with Crippen LogP contribution in [0.5, 0.6) is 0 Å². The minimum atomic E-state index is -0.400. The van der Waals surface area contributed by atoms with Gasteiger partial charge in [-0.3, -0.25) is 9.48 Å². The Labute approximate surface area is 141 Å². The number of nitrogens with two attached hydrogens (primary N) is 1. The van der Waals surface area contributed by atoms with E-state index in [0.717, 1.165) is 29.4 Å². The summed E-state index contributed by atoms with van der Waals surface area (Å²) in [4.78, 5) is 12.2. The number of ether oxygens (including phenoxy) is 1. The number of carbonyl (C=O) groups is 1. The molecule has 2 aromatic rings. The Balaban J connectivity index is 0.00000192. The van der Waals surface area contributed by atoms with Crippen LogP contribution in [0.15, 0.2) is 24.4 Å². The number of hydrogen-bond acceptors (Lipinski definition) is 4. The smallest absolute Gasteiger partial charge is 0.253 e. The lowest BCUT2D eigenvalue weighted by atomic mass is 10.2. The van der Waals surface area contributed by atoms with E-state index in [-0.39, 0.29) is 24.4 Å². The molecule has 1 fully saturated rings. The average molecular weight is 339 g/mol. The quantitative estimate of drug-likeness (QED) is 0.897. The van der Waals surface area contributed by atoms with Crippen LogP contribution in [0.4, 0.5) is 5.69 Å². The number of fused-ring (bicyclic) bond motifs is 1. The first-order valence-corrected chi connectivity index (χ1v) is 7.72. The van der Waals surface area contributed by atoms with Crippen molar-refractivity contribution in [2.75, 3.05) is 11.9 Å². The van der Waals surface area contributed by atoms with E-state index in [1.165, 1.54) is 0 Å². The molecule has 23 heavy (non-hydrogen) atoms. The van der Waals surface area contributed by atoms with Crippen molar-refractivity contribution >= 4 is 34.9 Å². The summed E-state index contributed by atoms with van der Waals surface area (Å²) >= 11 is 0. The minimum Gasteiger partial charge on any atom is -0.364 e. The van der Waals surface area contributed by atoms with E-state index in [4.69, 9.17) is 10.5 Å². The highest BCUT2D eigenvalue weighted by molar-refractivity contribution is 5.96. The number of hydrogen-bond donors (Lipinski definition) is 2. The normalized spacial score (nSPS) is 20.7. The number of nitrogens with one attached hydrogen (secondary N) is 1. The van der Waals surface area contributed by atoms with E-state index >= 15 is 0 Å². The second-order valence-corrected chi connectivity index (χ2v) is 6.03. The molecule has 1 aliphatic heterocycles. The molecule has 1 aromatic carbocycles. The summed E-state index contributed by atoms with van der Waals surface area (Å²) in [5.74, 6) is -0.105. The molecular formula is C16H23ClN4O2. The third kappa shape index (κ3) is 3.83. The van der Waals surface area contributed by atoms with E-state index in [1.807, 2.05) is 29.1 Å². The van der Waals surface area contributed by atoms with Crippen LogP contribution in [-0.4, -0.2) is 34.4 Å². The van der Waals surface area contributed by atoms with Crippen molar-refractivity contribution in [2.24, 2.45) is 5.73 Å². The predicted molar refractivity (Wildman–Crippen MR) is 92.9 cm³/mol. The molecule has 3 N–H and O–H groups in total. The summed E-state index contributed by atoms with van der Waals surface area (Å²) in [5.41, 5.74) is 7.26. The fourth-order valence-electron chi connectivity index (χ4n) is 2.68. The van der Waals surface area contributed by atoms with Gasteiger partial charge in [-0.05, 0) is 44.9 Å². The average Bonchev–Trinajstić information content (AvgIpc) is 3.13. The molecule has 0 radical (unpaired) electrons. The highest BCUT2D eigenvalue weighted by atomic mass is 35.5. The van der Waals surface area contributed by atoms with Gasteiger partial charge in [0.05, 0.1) is 11.6 Å². The molecule has 0 unspecified atom stereocenters. The van der Waals surface area contributed by atoms with Crippen LogP contribution in [0.1, 0.15) is 32.7 Å². The Hall–Kier alpha value is -1.63. The van der Waals surface area contributed by atoms with Crippen molar-refractivity contribution in [1.29, 1.82) is 0 Å². The molecule has 1 aliphatic rings. The number of rotatable bonds is 4. The fraction of sp³-hybridized carbons (Fsp3) is 0.500. The molecule has 1 saturated heterocycles. The van der Waals surface area contributed by atoms with Gasteiger partial charge in [-0.2, -0.15) is 5.10 Å². The number of benzene rings is 1. The van der Waals surface area contributed by atoms with Gasteiger partial charge in [-0.1, -0.05) is 0 Å². The molecule has 0 bridgehead atoms. The highest BCUT2D eigenvalue weighted by Gasteiger charge is 2.29. The Morgan fingerprint density at radius 2 is 2.26 bits per heavy atom. The maximum Gasteiger partial charge on any atom is 0.253 e. The molecule has 126 valence electrons. The largest absolute Gasteiger partial charge is 0.364 e. The van der Waals surface area contributed by atoms with Crippen LogP contribution >= 0.6 is 12.4 Å². The summed E-state index contributed by atoms with van der Waals surface area (Å²) in [5, 5.41) is 8.43. The van der Waals surface area contributed by atoms with Gasteiger partial charge in [0.15, 0.2) is 0 Å². The first-order valence-electron chi connectivity index (χ1n) is 7.72. The maximum atomic E-state index is 12.2. The van der Waals surface area contributed by atoms with Gasteiger partial charge >= 0.3 is 0 Å². The Kier molecular flexibility index (Phi) is 5.62. The number of amides is 1. The van der Waals surface area contributed by atoms with E-state index in [2.05, 4.69) is 24.3 Å². The van der Waals surface area contributed by atoms with Crippen LogP contribution in [0, 0.1) is 0 Å². The Morgan fingerprint density at radius 3 is 2.91 bits per heavy atom. The molecule has 0 spiro atoms. The molecule has 1 amide bonds. The van der Waals surface area contributed by atoms with Crippen LogP contribution < -0.4 is 11.1 Å². The number of halogens is 1. The van der Waals surface area contributed by atoms with Crippen LogP contribution in [0.3, 0.4) is 0 Å². The lowest BCUT2D eigenvalue weighted by molar-refractivity contribution is -0.126. The summed E-state index contributed by atoms with van der Waals surface area (Å²) in [7, 11) is 0. The van der Waals surface area contributed by atoms with Crippen molar-refractivity contribution in [1.82, 2.24) is 9.78 Å². The Morgan fingerprint density at radius 1 is 1.48 bits per heavy atom. The number of nitrogens with zero attached hydrogens (tertiary/aromatic N) is 2. The van der Waals surface area contributed by atoms with Gasteiger partial charge in [-0.25, -0.2) is 0 Å². The molecule has 0 saturated carbocycles. The lowest BCUT2D eigenvalue weighted by Crippen LogP contribution is -2.29. The van der Waals surface area contributed by atoms with Crippen molar-refractivity contribution < 1.29 is 9.53 Å². The highest BCUT2D eigenvalue weighted by Crippen LogP contribution is 2.23.